The zero-order valence-corrected chi connectivity index (χ0v) is 27.8. The van der Waals surface area contributed by atoms with Gasteiger partial charge in [0.15, 0.2) is 0 Å². The van der Waals surface area contributed by atoms with Crippen LogP contribution < -0.4 is 20.1 Å². The minimum atomic E-state index is -0.631. The molecule has 0 heterocycles. The van der Waals surface area contributed by atoms with Crippen LogP contribution in [0.4, 0.5) is 0 Å². The third-order valence-corrected chi connectivity index (χ3v) is 8.03. The molecular formula is C38H52N2O7. The van der Waals surface area contributed by atoms with Crippen LogP contribution in [-0.4, -0.2) is 65.4 Å². The van der Waals surface area contributed by atoms with Gasteiger partial charge in [-0.25, -0.2) is 0 Å². The predicted molar refractivity (Wildman–Crippen MR) is 186 cm³/mol. The third-order valence-electron chi connectivity index (χ3n) is 8.03. The van der Waals surface area contributed by atoms with E-state index in [1.54, 1.807) is 14.2 Å². The molecule has 256 valence electrons. The maximum Gasteiger partial charge on any atom is 0.118 e. The van der Waals surface area contributed by atoms with Gasteiger partial charge in [0, 0.05) is 24.2 Å². The van der Waals surface area contributed by atoms with Crippen LogP contribution in [0.1, 0.15) is 73.2 Å². The molecule has 8 N–H and O–H groups in total. The average molecular weight is 649 g/mol. The summed E-state index contributed by atoms with van der Waals surface area (Å²) in [5, 5.41) is 46.7. The maximum absolute atomic E-state index is 10.4. The summed E-state index contributed by atoms with van der Waals surface area (Å²) in [6, 6.07) is 34.7. The number of aliphatic hydroxyl groups excluding tert-OH is 4. The van der Waals surface area contributed by atoms with Gasteiger partial charge < -0.3 is 46.0 Å². The van der Waals surface area contributed by atoms with Gasteiger partial charge in [0.05, 0.1) is 39.6 Å². The molecule has 0 fully saturated rings. The average Bonchev–Trinajstić information content (AvgIpc) is 3.11. The Morgan fingerprint density at radius 1 is 0.511 bits per heavy atom. The van der Waals surface area contributed by atoms with Crippen LogP contribution in [0.15, 0.2) is 109 Å². The molecule has 0 saturated heterocycles. The molecule has 0 bridgehead atoms. The SMILES string of the molecule is COc1ccc([C@H](O)C[C@H](CO)N[C@H](C)c2ccccc2)cc1.COc1ccc([C@H](O)C[C@H](CO)N[C@H](C)c2ccccc2)cc1.O. The Balaban J connectivity index is 0.000000320. The van der Waals surface area contributed by atoms with Crippen molar-refractivity contribution in [1.82, 2.24) is 10.6 Å². The van der Waals surface area contributed by atoms with Crippen molar-refractivity contribution < 1.29 is 35.4 Å². The number of methoxy groups -OCH3 is 2. The van der Waals surface area contributed by atoms with Crippen molar-refractivity contribution in [2.75, 3.05) is 27.4 Å². The molecule has 9 nitrogen and oxygen atoms in total. The quantitative estimate of drug-likeness (QED) is 0.101. The zero-order valence-electron chi connectivity index (χ0n) is 27.8. The molecule has 0 amide bonds. The van der Waals surface area contributed by atoms with Crippen LogP contribution in [-0.2, 0) is 0 Å². The molecule has 0 radical (unpaired) electrons. The first kappa shape index (κ1) is 39.4. The Bertz CT molecular complexity index is 1250. The van der Waals surface area contributed by atoms with E-state index in [2.05, 4.69) is 24.5 Å². The van der Waals surface area contributed by atoms with Gasteiger partial charge in [0.1, 0.15) is 11.5 Å². The molecular weight excluding hydrogens is 596 g/mol. The lowest BCUT2D eigenvalue weighted by Crippen LogP contribution is -2.36. The highest BCUT2D eigenvalue weighted by Gasteiger charge is 2.19. The summed E-state index contributed by atoms with van der Waals surface area (Å²) in [4.78, 5) is 0. The largest absolute Gasteiger partial charge is 0.497 e. The minimum absolute atomic E-state index is 0. The summed E-state index contributed by atoms with van der Waals surface area (Å²) in [5.41, 5.74) is 3.95. The van der Waals surface area contributed by atoms with Crippen molar-refractivity contribution in [3.63, 3.8) is 0 Å². The number of hydrogen-bond acceptors (Lipinski definition) is 8. The standard InChI is InChI=1S/2C19H25NO3.H2O/c2*1-14(15-6-4-3-5-7-15)20-17(13-21)12-19(22)16-8-10-18(23-2)11-9-16;/h2*3-11,14,17,19-22H,12-13H2,1-2H3;1H2/t2*14-,17-,19-;/m11./s1. The van der Waals surface area contributed by atoms with E-state index in [0.717, 1.165) is 33.8 Å². The molecule has 4 rings (SSSR count). The first-order valence-corrected chi connectivity index (χ1v) is 15.8. The Morgan fingerprint density at radius 2 is 0.830 bits per heavy atom. The zero-order chi connectivity index (χ0) is 33.3. The van der Waals surface area contributed by atoms with Gasteiger partial charge in [-0.05, 0) is 73.2 Å². The number of benzene rings is 4. The fraction of sp³-hybridized carbons (Fsp3) is 0.368. The molecule has 4 aromatic carbocycles. The van der Waals surface area contributed by atoms with E-state index in [1.807, 2.05) is 109 Å². The predicted octanol–water partition coefficient (Wildman–Crippen LogP) is 4.84. The van der Waals surface area contributed by atoms with Crippen molar-refractivity contribution in [3.05, 3.63) is 131 Å². The number of rotatable bonds is 16. The van der Waals surface area contributed by atoms with Crippen LogP contribution in [0.5, 0.6) is 11.5 Å². The summed E-state index contributed by atoms with van der Waals surface area (Å²) in [6.07, 6.45) is -0.373. The monoisotopic (exact) mass is 648 g/mol. The highest BCUT2D eigenvalue weighted by Crippen LogP contribution is 2.24. The molecule has 47 heavy (non-hydrogen) atoms. The summed E-state index contributed by atoms with van der Waals surface area (Å²) in [5.74, 6) is 1.52. The maximum atomic E-state index is 10.4. The highest BCUT2D eigenvalue weighted by molar-refractivity contribution is 5.29. The highest BCUT2D eigenvalue weighted by atomic mass is 16.5. The van der Waals surface area contributed by atoms with Gasteiger partial charge in [-0.2, -0.15) is 0 Å². The first-order valence-electron chi connectivity index (χ1n) is 15.8. The fourth-order valence-electron chi connectivity index (χ4n) is 5.24. The van der Waals surface area contributed by atoms with Gasteiger partial charge in [-0.15, -0.1) is 0 Å². The second-order valence-electron chi connectivity index (χ2n) is 11.4. The van der Waals surface area contributed by atoms with E-state index in [0.29, 0.717) is 12.8 Å². The van der Waals surface area contributed by atoms with E-state index < -0.39 is 12.2 Å². The lowest BCUT2D eigenvalue weighted by atomic mass is 10.0. The van der Waals surface area contributed by atoms with Crippen molar-refractivity contribution in [2.45, 2.75) is 63.1 Å². The molecule has 0 aromatic heterocycles. The van der Waals surface area contributed by atoms with Crippen molar-refractivity contribution in [1.29, 1.82) is 0 Å². The minimum Gasteiger partial charge on any atom is -0.497 e. The fourth-order valence-corrected chi connectivity index (χ4v) is 5.24. The second-order valence-corrected chi connectivity index (χ2v) is 11.4. The number of nitrogens with one attached hydrogen (secondary N) is 2. The van der Waals surface area contributed by atoms with E-state index >= 15 is 0 Å². The van der Waals surface area contributed by atoms with Gasteiger partial charge in [-0.3, -0.25) is 0 Å². The molecule has 6 atom stereocenters. The van der Waals surface area contributed by atoms with E-state index in [-0.39, 0.29) is 42.9 Å². The van der Waals surface area contributed by atoms with Crippen LogP contribution in [0.3, 0.4) is 0 Å². The molecule has 0 aliphatic heterocycles. The number of hydrogen-bond donors (Lipinski definition) is 6. The van der Waals surface area contributed by atoms with Crippen LogP contribution in [0.2, 0.25) is 0 Å². The van der Waals surface area contributed by atoms with Gasteiger partial charge in [0.25, 0.3) is 0 Å². The van der Waals surface area contributed by atoms with Gasteiger partial charge in [-0.1, -0.05) is 84.9 Å². The smallest absolute Gasteiger partial charge is 0.118 e. The molecule has 9 heteroatoms. The Labute approximate surface area is 279 Å². The summed E-state index contributed by atoms with van der Waals surface area (Å²) >= 11 is 0. The van der Waals surface area contributed by atoms with Gasteiger partial charge in [0.2, 0.25) is 0 Å². The van der Waals surface area contributed by atoms with E-state index in [9.17, 15) is 20.4 Å². The second kappa shape index (κ2) is 21.1. The molecule has 4 aromatic rings. The lowest BCUT2D eigenvalue weighted by Gasteiger charge is -2.24. The summed E-state index contributed by atoms with van der Waals surface area (Å²) < 4.78 is 10.2. The van der Waals surface area contributed by atoms with Crippen LogP contribution in [0.25, 0.3) is 0 Å². The summed E-state index contributed by atoms with van der Waals surface area (Å²) in [7, 11) is 3.23. The molecule has 0 aliphatic rings. The van der Waals surface area contributed by atoms with Crippen LogP contribution >= 0.6 is 0 Å². The van der Waals surface area contributed by atoms with Crippen molar-refractivity contribution in [3.8, 4) is 11.5 Å². The Hall–Kier alpha value is -3.80. The third kappa shape index (κ3) is 13.1. The summed E-state index contributed by atoms with van der Waals surface area (Å²) in [6.45, 7) is 4.06. The Morgan fingerprint density at radius 3 is 1.11 bits per heavy atom. The number of aliphatic hydroxyl groups is 4. The molecule has 0 aliphatic carbocycles. The van der Waals surface area contributed by atoms with E-state index in [1.165, 1.54) is 0 Å². The number of ether oxygens (including phenoxy) is 2. The molecule has 0 unspecified atom stereocenters. The lowest BCUT2D eigenvalue weighted by molar-refractivity contribution is 0.125. The topological polar surface area (TPSA) is 155 Å². The normalized spacial score (nSPS) is 14.6. The van der Waals surface area contributed by atoms with Crippen molar-refractivity contribution >= 4 is 0 Å². The van der Waals surface area contributed by atoms with Gasteiger partial charge >= 0.3 is 0 Å². The molecule has 0 spiro atoms. The Kier molecular flexibility index (Phi) is 17.7. The first-order chi connectivity index (χ1) is 22.3. The van der Waals surface area contributed by atoms with Crippen LogP contribution in [0, 0.1) is 0 Å². The molecule has 0 saturated carbocycles. The van der Waals surface area contributed by atoms with E-state index in [4.69, 9.17) is 9.47 Å². The van der Waals surface area contributed by atoms with Crippen molar-refractivity contribution in [2.24, 2.45) is 0 Å².